The van der Waals surface area contributed by atoms with Gasteiger partial charge in [0.25, 0.3) is 0 Å². The smallest absolute Gasteiger partial charge is 0.407 e. The summed E-state index contributed by atoms with van der Waals surface area (Å²) in [6, 6.07) is 4.67. The van der Waals surface area contributed by atoms with E-state index in [1.54, 1.807) is 18.2 Å². The number of likely N-dealkylation sites (tertiary alicyclic amines) is 1. The van der Waals surface area contributed by atoms with Crippen LogP contribution in [-0.4, -0.2) is 54.5 Å². The predicted molar refractivity (Wildman–Crippen MR) is 94.0 cm³/mol. The molecule has 0 aliphatic carbocycles. The van der Waals surface area contributed by atoms with E-state index in [4.69, 9.17) is 5.11 Å². The zero-order chi connectivity index (χ0) is 17.2. The second kappa shape index (κ2) is 7.50. The van der Waals surface area contributed by atoms with Crippen molar-refractivity contribution in [2.75, 3.05) is 19.6 Å². The fraction of sp³-hybridized carbons (Fsp3) is 0.500. The van der Waals surface area contributed by atoms with Crippen molar-refractivity contribution < 1.29 is 18.3 Å². The number of sulfonamides is 1. The van der Waals surface area contributed by atoms with E-state index in [1.807, 2.05) is 6.92 Å². The maximum atomic E-state index is 13.1. The molecule has 1 fully saturated rings. The molecule has 1 amide bonds. The van der Waals surface area contributed by atoms with Crippen molar-refractivity contribution in [3.8, 4) is 0 Å². The molecule has 1 heterocycles. The molecule has 2 rings (SSSR count). The molecule has 0 aromatic heterocycles. The molecule has 1 saturated heterocycles. The standard InChI is InChI=1S/C14H18Br2N2O4S/c1-2-6-18(11-5-7-17(9-11)14(19)20)23(21,22)13-8-10(15)3-4-12(13)16/h3-4,8,11H,2,5-7,9H2,1H3,(H,19,20)/t11-/m1/s1. The highest BCUT2D eigenvalue weighted by atomic mass is 79.9. The Morgan fingerprint density at radius 3 is 2.70 bits per heavy atom. The molecule has 1 aromatic carbocycles. The lowest BCUT2D eigenvalue weighted by Gasteiger charge is -2.28. The van der Waals surface area contributed by atoms with E-state index in [0.29, 0.717) is 34.9 Å². The number of carbonyl (C=O) groups is 1. The normalized spacial score (nSPS) is 18.6. The van der Waals surface area contributed by atoms with Gasteiger partial charge in [-0.3, -0.25) is 0 Å². The lowest BCUT2D eigenvalue weighted by atomic mass is 10.2. The number of halogens is 2. The SMILES string of the molecule is CCCN([C@@H]1CCN(C(=O)O)C1)S(=O)(=O)c1cc(Br)ccc1Br. The van der Waals surface area contributed by atoms with Crippen molar-refractivity contribution in [2.45, 2.75) is 30.7 Å². The first-order valence-corrected chi connectivity index (χ1v) is 10.2. The summed E-state index contributed by atoms with van der Waals surface area (Å²) in [5, 5.41) is 9.09. The fourth-order valence-electron chi connectivity index (χ4n) is 2.67. The third-order valence-corrected chi connectivity index (χ3v) is 7.20. The van der Waals surface area contributed by atoms with Gasteiger partial charge in [-0.1, -0.05) is 22.9 Å². The Labute approximate surface area is 152 Å². The highest BCUT2D eigenvalue weighted by molar-refractivity contribution is 9.11. The van der Waals surface area contributed by atoms with E-state index < -0.39 is 16.1 Å². The average Bonchev–Trinajstić information content (AvgIpc) is 2.96. The van der Waals surface area contributed by atoms with Crippen molar-refractivity contribution in [2.24, 2.45) is 0 Å². The summed E-state index contributed by atoms with van der Waals surface area (Å²) < 4.78 is 28.7. The number of benzene rings is 1. The Bertz CT molecular complexity index is 696. The third-order valence-electron chi connectivity index (χ3n) is 3.77. The van der Waals surface area contributed by atoms with E-state index in [2.05, 4.69) is 31.9 Å². The highest BCUT2D eigenvalue weighted by Crippen LogP contribution is 2.31. The van der Waals surface area contributed by atoms with E-state index in [0.717, 1.165) is 0 Å². The quantitative estimate of drug-likeness (QED) is 0.717. The molecule has 128 valence electrons. The minimum Gasteiger partial charge on any atom is -0.465 e. The molecular weight excluding hydrogens is 452 g/mol. The summed E-state index contributed by atoms with van der Waals surface area (Å²) in [4.78, 5) is 12.5. The van der Waals surface area contributed by atoms with Crippen LogP contribution in [0.25, 0.3) is 0 Å². The van der Waals surface area contributed by atoms with Crippen LogP contribution in [0.2, 0.25) is 0 Å². The number of hydrogen-bond donors (Lipinski definition) is 1. The molecule has 1 N–H and O–H groups in total. The van der Waals surface area contributed by atoms with Crippen LogP contribution < -0.4 is 0 Å². The van der Waals surface area contributed by atoms with Gasteiger partial charge in [-0.05, 0) is 47.0 Å². The van der Waals surface area contributed by atoms with Gasteiger partial charge in [-0.25, -0.2) is 13.2 Å². The molecule has 23 heavy (non-hydrogen) atoms. The van der Waals surface area contributed by atoms with Gasteiger partial charge in [-0.15, -0.1) is 0 Å². The van der Waals surface area contributed by atoms with Gasteiger partial charge in [0.2, 0.25) is 10.0 Å². The van der Waals surface area contributed by atoms with E-state index in [1.165, 1.54) is 9.21 Å². The molecule has 0 bridgehead atoms. The van der Waals surface area contributed by atoms with Gasteiger partial charge in [0, 0.05) is 34.6 Å². The Balaban J connectivity index is 2.36. The topological polar surface area (TPSA) is 77.9 Å². The molecule has 9 heteroatoms. The van der Waals surface area contributed by atoms with Crippen molar-refractivity contribution in [3.05, 3.63) is 27.1 Å². The molecule has 0 unspecified atom stereocenters. The van der Waals surface area contributed by atoms with E-state index in [9.17, 15) is 13.2 Å². The van der Waals surface area contributed by atoms with Gasteiger partial charge < -0.3 is 10.0 Å². The van der Waals surface area contributed by atoms with Crippen molar-refractivity contribution in [3.63, 3.8) is 0 Å². The summed E-state index contributed by atoms with van der Waals surface area (Å²) >= 11 is 6.60. The number of hydrogen-bond acceptors (Lipinski definition) is 3. The largest absolute Gasteiger partial charge is 0.465 e. The van der Waals surface area contributed by atoms with Gasteiger partial charge in [-0.2, -0.15) is 4.31 Å². The zero-order valence-corrected chi connectivity index (χ0v) is 16.6. The van der Waals surface area contributed by atoms with Gasteiger partial charge in [0.15, 0.2) is 0 Å². The number of rotatable bonds is 5. The molecule has 6 nitrogen and oxygen atoms in total. The first-order chi connectivity index (χ1) is 10.8. The van der Waals surface area contributed by atoms with Crippen molar-refractivity contribution in [1.82, 2.24) is 9.21 Å². The lowest BCUT2D eigenvalue weighted by molar-refractivity contribution is 0.153. The van der Waals surface area contributed by atoms with Crippen LogP contribution in [-0.2, 0) is 10.0 Å². The summed E-state index contributed by atoms with van der Waals surface area (Å²) in [5.74, 6) is 0. The van der Waals surface area contributed by atoms with Gasteiger partial charge in [0.1, 0.15) is 0 Å². The third kappa shape index (κ3) is 4.07. The van der Waals surface area contributed by atoms with Crippen LogP contribution in [0.4, 0.5) is 4.79 Å². The Morgan fingerprint density at radius 2 is 2.13 bits per heavy atom. The Hall–Kier alpha value is -0.640. The van der Waals surface area contributed by atoms with E-state index in [-0.39, 0.29) is 17.5 Å². The van der Waals surface area contributed by atoms with Crippen LogP contribution in [0.3, 0.4) is 0 Å². The molecule has 0 spiro atoms. The first kappa shape index (κ1) is 18.7. The van der Waals surface area contributed by atoms with Crippen molar-refractivity contribution in [1.29, 1.82) is 0 Å². The summed E-state index contributed by atoms with van der Waals surface area (Å²) in [6.45, 7) is 2.83. The second-order valence-electron chi connectivity index (χ2n) is 5.36. The Morgan fingerprint density at radius 1 is 1.43 bits per heavy atom. The number of nitrogens with zero attached hydrogens (tertiary/aromatic N) is 2. The Kier molecular flexibility index (Phi) is 6.10. The molecule has 1 aliphatic heterocycles. The minimum absolute atomic E-state index is 0.189. The molecule has 0 saturated carbocycles. The lowest BCUT2D eigenvalue weighted by Crippen LogP contribution is -2.43. The zero-order valence-electron chi connectivity index (χ0n) is 12.6. The minimum atomic E-state index is -3.71. The van der Waals surface area contributed by atoms with E-state index >= 15 is 0 Å². The predicted octanol–water partition coefficient (Wildman–Crippen LogP) is 3.36. The monoisotopic (exact) mass is 468 g/mol. The average molecular weight is 470 g/mol. The van der Waals surface area contributed by atoms with Gasteiger partial charge >= 0.3 is 6.09 Å². The van der Waals surface area contributed by atoms with Crippen LogP contribution in [0.15, 0.2) is 32.0 Å². The molecule has 0 radical (unpaired) electrons. The van der Waals surface area contributed by atoms with Crippen LogP contribution in [0.5, 0.6) is 0 Å². The summed E-state index contributed by atoms with van der Waals surface area (Å²) in [5.41, 5.74) is 0. The fourth-order valence-corrected chi connectivity index (χ4v) is 5.87. The molecule has 1 atom stereocenters. The second-order valence-corrected chi connectivity index (χ2v) is 8.99. The number of amides is 1. The maximum Gasteiger partial charge on any atom is 0.407 e. The first-order valence-electron chi connectivity index (χ1n) is 7.22. The maximum absolute atomic E-state index is 13.1. The molecule has 1 aromatic rings. The molecule has 1 aliphatic rings. The summed E-state index contributed by atoms with van der Waals surface area (Å²) in [6.07, 6.45) is 0.163. The van der Waals surface area contributed by atoms with Crippen LogP contribution in [0, 0.1) is 0 Å². The molecular formula is C14H18Br2N2O4S. The summed E-state index contributed by atoms with van der Waals surface area (Å²) in [7, 11) is -3.71. The highest BCUT2D eigenvalue weighted by Gasteiger charge is 2.37. The van der Waals surface area contributed by atoms with Crippen LogP contribution >= 0.6 is 31.9 Å². The number of carboxylic acid groups (broad SMARTS) is 1. The van der Waals surface area contributed by atoms with Crippen LogP contribution in [0.1, 0.15) is 19.8 Å². The van der Waals surface area contributed by atoms with Crippen molar-refractivity contribution >= 4 is 48.0 Å². The van der Waals surface area contributed by atoms with Gasteiger partial charge in [0.05, 0.1) is 4.90 Å².